The molecule has 7 nitrogen and oxygen atoms in total. The predicted octanol–water partition coefficient (Wildman–Crippen LogP) is -0.346. The van der Waals surface area contributed by atoms with E-state index in [-0.39, 0.29) is 16.5 Å². The molecule has 2 aromatic heterocycles. The molecule has 0 aliphatic rings. The van der Waals surface area contributed by atoms with Crippen molar-refractivity contribution in [3.05, 3.63) is 22.4 Å². The van der Waals surface area contributed by atoms with E-state index in [4.69, 9.17) is 10.7 Å². The molecule has 80 valence electrons. The summed E-state index contributed by atoms with van der Waals surface area (Å²) >= 11 is 0. The van der Waals surface area contributed by atoms with Gasteiger partial charge in [-0.15, -0.1) is 0 Å². The van der Waals surface area contributed by atoms with Gasteiger partial charge in [0.25, 0.3) is 9.05 Å². The molecule has 2 aromatic rings. The van der Waals surface area contributed by atoms with Crippen molar-refractivity contribution in [2.45, 2.75) is 11.9 Å². The van der Waals surface area contributed by atoms with E-state index in [0.29, 0.717) is 0 Å². The molecule has 0 aromatic carbocycles. The lowest BCUT2D eigenvalue weighted by atomic mass is 10.5. The minimum atomic E-state index is -3.92. The maximum Gasteiger partial charge on any atom is 0.349 e. The molecule has 2 heterocycles. The number of nitrogens with zero attached hydrogens (tertiary/aromatic N) is 3. The van der Waals surface area contributed by atoms with Crippen LogP contribution in [0.3, 0.4) is 0 Å². The average molecular weight is 249 g/mol. The van der Waals surface area contributed by atoms with Crippen LogP contribution in [0.2, 0.25) is 0 Å². The Hall–Kier alpha value is -1.41. The van der Waals surface area contributed by atoms with Crippen molar-refractivity contribution in [3.8, 4) is 0 Å². The van der Waals surface area contributed by atoms with Gasteiger partial charge in [-0.1, -0.05) is 0 Å². The second-order valence-electron chi connectivity index (χ2n) is 2.80. The molecule has 9 heteroatoms. The van der Waals surface area contributed by atoms with Crippen LogP contribution in [0.1, 0.15) is 5.82 Å². The van der Waals surface area contributed by atoms with Crippen LogP contribution in [-0.2, 0) is 9.05 Å². The summed E-state index contributed by atoms with van der Waals surface area (Å²) < 4.78 is 23.2. The van der Waals surface area contributed by atoms with Crippen LogP contribution in [0.5, 0.6) is 0 Å². The molecule has 0 atom stereocenters. The molecule has 0 aliphatic heterocycles. The summed E-state index contributed by atoms with van der Waals surface area (Å²) in [5.41, 5.74) is -0.319. The predicted molar refractivity (Wildman–Crippen MR) is 51.4 cm³/mol. The lowest BCUT2D eigenvalue weighted by Crippen LogP contribution is -2.14. The first-order valence-electron chi connectivity index (χ1n) is 3.79. The first kappa shape index (κ1) is 10.1. The normalized spacial score (nSPS) is 12.1. The minimum Gasteiger partial charge on any atom is -0.246 e. The van der Waals surface area contributed by atoms with Crippen molar-refractivity contribution in [2.24, 2.45) is 0 Å². The second-order valence-corrected chi connectivity index (χ2v) is 5.31. The van der Waals surface area contributed by atoms with Gasteiger partial charge in [-0.2, -0.15) is 5.10 Å². The molecule has 0 bridgehead atoms. The van der Waals surface area contributed by atoms with E-state index in [0.717, 1.165) is 10.5 Å². The SMILES string of the molecule is Cc1nc(S(=O)(=O)Cl)cc2n[nH]c(=O)n12. The van der Waals surface area contributed by atoms with E-state index < -0.39 is 14.7 Å². The summed E-state index contributed by atoms with van der Waals surface area (Å²) in [5.74, 6) is 0.200. The maximum absolute atomic E-state index is 11.2. The molecular formula is C6H5ClN4O3S. The Kier molecular flexibility index (Phi) is 2.05. The van der Waals surface area contributed by atoms with Crippen LogP contribution < -0.4 is 5.69 Å². The molecule has 2 rings (SSSR count). The zero-order valence-electron chi connectivity index (χ0n) is 7.43. The van der Waals surface area contributed by atoms with Crippen LogP contribution in [0, 0.1) is 6.92 Å². The highest BCUT2D eigenvalue weighted by Crippen LogP contribution is 2.13. The Morgan fingerprint density at radius 3 is 2.80 bits per heavy atom. The van der Waals surface area contributed by atoms with E-state index in [1.165, 1.54) is 6.92 Å². The Bertz CT molecular complexity index is 686. The number of aromatic amines is 1. The zero-order valence-corrected chi connectivity index (χ0v) is 9.00. The third-order valence-electron chi connectivity index (χ3n) is 1.80. The summed E-state index contributed by atoms with van der Waals surface area (Å²) in [6.45, 7) is 1.48. The van der Waals surface area contributed by atoms with E-state index in [1.807, 2.05) is 0 Å². The number of rotatable bonds is 1. The minimum absolute atomic E-state index is 0.159. The molecule has 0 aliphatic carbocycles. The molecule has 0 fully saturated rings. The zero-order chi connectivity index (χ0) is 11.2. The van der Waals surface area contributed by atoms with Gasteiger partial charge in [-0.3, -0.25) is 0 Å². The highest BCUT2D eigenvalue weighted by atomic mass is 35.7. The van der Waals surface area contributed by atoms with Crippen LogP contribution in [0.4, 0.5) is 0 Å². The number of hydrogen-bond acceptors (Lipinski definition) is 5. The quantitative estimate of drug-likeness (QED) is 0.550. The van der Waals surface area contributed by atoms with Gasteiger partial charge >= 0.3 is 5.69 Å². The van der Waals surface area contributed by atoms with Crippen molar-refractivity contribution in [3.63, 3.8) is 0 Å². The summed E-state index contributed by atoms with van der Waals surface area (Å²) in [6.07, 6.45) is 0. The molecule has 0 saturated carbocycles. The lowest BCUT2D eigenvalue weighted by Gasteiger charge is -1.99. The van der Waals surface area contributed by atoms with E-state index >= 15 is 0 Å². The summed E-state index contributed by atoms with van der Waals surface area (Å²) in [6, 6.07) is 1.12. The van der Waals surface area contributed by atoms with Crippen LogP contribution in [0.15, 0.2) is 15.9 Å². The number of aryl methyl sites for hydroxylation is 1. The van der Waals surface area contributed by atoms with Crippen molar-refractivity contribution in [1.82, 2.24) is 19.6 Å². The number of halogens is 1. The van der Waals surface area contributed by atoms with Crippen LogP contribution in [0.25, 0.3) is 5.65 Å². The third-order valence-corrected chi connectivity index (χ3v) is 2.98. The molecule has 15 heavy (non-hydrogen) atoms. The summed E-state index contributed by atoms with van der Waals surface area (Å²) in [7, 11) is 1.21. The fraction of sp³-hybridized carbons (Fsp3) is 0.167. The Balaban J connectivity index is 2.92. The number of aromatic nitrogens is 4. The van der Waals surface area contributed by atoms with Crippen molar-refractivity contribution in [1.29, 1.82) is 0 Å². The van der Waals surface area contributed by atoms with E-state index in [2.05, 4.69) is 15.2 Å². The van der Waals surface area contributed by atoms with Crippen molar-refractivity contribution < 1.29 is 8.42 Å². The second kappa shape index (κ2) is 3.04. The molecule has 1 N–H and O–H groups in total. The van der Waals surface area contributed by atoms with Crippen molar-refractivity contribution in [2.75, 3.05) is 0 Å². The monoisotopic (exact) mass is 248 g/mol. The smallest absolute Gasteiger partial charge is 0.246 e. The van der Waals surface area contributed by atoms with Gasteiger partial charge in [0, 0.05) is 16.7 Å². The van der Waals surface area contributed by atoms with Gasteiger partial charge in [-0.25, -0.2) is 27.7 Å². The van der Waals surface area contributed by atoms with Gasteiger partial charge < -0.3 is 0 Å². The number of H-pyrrole nitrogens is 1. The Labute approximate surface area is 88.1 Å². The van der Waals surface area contributed by atoms with Gasteiger partial charge in [0.1, 0.15) is 5.82 Å². The molecule has 0 amide bonds. The van der Waals surface area contributed by atoms with Gasteiger partial charge in [0.2, 0.25) is 0 Å². The van der Waals surface area contributed by atoms with Crippen LogP contribution in [-0.4, -0.2) is 28.0 Å². The topological polar surface area (TPSA) is 97.2 Å². The highest BCUT2D eigenvalue weighted by Gasteiger charge is 2.15. The molecule has 0 unspecified atom stereocenters. The lowest BCUT2D eigenvalue weighted by molar-refractivity contribution is 0.605. The summed E-state index contributed by atoms with van der Waals surface area (Å²) in [5, 5.41) is 5.47. The standard InChI is InChI=1S/C6H5ClN4O3S/c1-3-8-5(15(7,13)14)2-4-9-10-6(12)11(3)4/h2H,1H3,(H,10,12). The number of fused-ring (bicyclic) bond motifs is 1. The number of hydrogen-bond donors (Lipinski definition) is 1. The average Bonchev–Trinajstić information content (AvgIpc) is 2.46. The maximum atomic E-state index is 11.2. The fourth-order valence-corrected chi connectivity index (χ4v) is 1.92. The van der Waals surface area contributed by atoms with E-state index in [1.54, 1.807) is 0 Å². The fourth-order valence-electron chi connectivity index (χ4n) is 1.20. The molecular weight excluding hydrogens is 244 g/mol. The van der Waals surface area contributed by atoms with E-state index in [9.17, 15) is 13.2 Å². The highest BCUT2D eigenvalue weighted by molar-refractivity contribution is 8.13. The summed E-state index contributed by atoms with van der Waals surface area (Å²) in [4.78, 5) is 14.9. The largest absolute Gasteiger partial charge is 0.349 e. The van der Waals surface area contributed by atoms with Crippen LogP contribution >= 0.6 is 10.7 Å². The third kappa shape index (κ3) is 1.61. The molecule has 0 saturated heterocycles. The Morgan fingerprint density at radius 1 is 1.53 bits per heavy atom. The number of nitrogens with one attached hydrogen (secondary N) is 1. The van der Waals surface area contributed by atoms with Crippen molar-refractivity contribution >= 4 is 25.4 Å². The van der Waals surface area contributed by atoms with Gasteiger partial charge in [0.05, 0.1) is 0 Å². The van der Waals surface area contributed by atoms with Gasteiger partial charge in [-0.05, 0) is 6.92 Å². The first-order valence-corrected chi connectivity index (χ1v) is 6.10. The molecule has 0 spiro atoms. The first-order chi connectivity index (χ1) is 6.89. The van der Waals surface area contributed by atoms with Gasteiger partial charge in [0.15, 0.2) is 10.7 Å². The molecule has 0 radical (unpaired) electrons. The Morgan fingerprint density at radius 2 is 2.20 bits per heavy atom.